The van der Waals surface area contributed by atoms with Crippen molar-refractivity contribution in [2.24, 2.45) is 0 Å². The van der Waals surface area contributed by atoms with Crippen LogP contribution in [0.4, 0.5) is 4.39 Å². The summed E-state index contributed by atoms with van der Waals surface area (Å²) >= 11 is 11.9. The first-order valence-electron chi connectivity index (χ1n) is 3.99. The Morgan fingerprint density at radius 3 is 2.60 bits per heavy atom. The summed E-state index contributed by atoms with van der Waals surface area (Å²) in [6, 6.07) is 5.89. The van der Waals surface area contributed by atoms with Crippen LogP contribution in [0.2, 0.25) is 0 Å². The lowest BCUT2D eigenvalue weighted by molar-refractivity contribution is 0.604. The van der Waals surface area contributed by atoms with Crippen molar-refractivity contribution in [3.8, 4) is 0 Å². The van der Waals surface area contributed by atoms with Crippen molar-refractivity contribution in [2.75, 3.05) is 0 Å². The van der Waals surface area contributed by atoms with Crippen molar-refractivity contribution in [1.82, 2.24) is 20.6 Å². The highest BCUT2D eigenvalue weighted by Crippen LogP contribution is 2.39. The second kappa shape index (κ2) is 3.75. The summed E-state index contributed by atoms with van der Waals surface area (Å²) in [5, 5.41) is 12.8. The third kappa shape index (κ3) is 1.80. The molecule has 0 atom stereocenters. The molecular formula is C8H5Cl2FN4. The van der Waals surface area contributed by atoms with Gasteiger partial charge in [0.25, 0.3) is 0 Å². The molecule has 0 amide bonds. The third-order valence-corrected chi connectivity index (χ3v) is 2.58. The second-order valence-corrected chi connectivity index (χ2v) is 4.12. The van der Waals surface area contributed by atoms with Crippen molar-refractivity contribution in [3.63, 3.8) is 0 Å². The second-order valence-electron chi connectivity index (χ2n) is 2.79. The smallest absolute Gasteiger partial charge is 0.207 e. The first-order valence-corrected chi connectivity index (χ1v) is 4.74. The maximum absolute atomic E-state index is 13.4. The minimum absolute atomic E-state index is 0.0101. The maximum atomic E-state index is 13.4. The number of hydrogen-bond acceptors (Lipinski definition) is 3. The Labute approximate surface area is 94.4 Å². The number of halogens is 3. The topological polar surface area (TPSA) is 54.5 Å². The minimum Gasteiger partial charge on any atom is -0.207 e. The maximum Gasteiger partial charge on any atom is 0.215 e. The monoisotopic (exact) mass is 246 g/mol. The molecule has 1 heterocycles. The summed E-state index contributed by atoms with van der Waals surface area (Å²) < 4.78 is 11.8. The van der Waals surface area contributed by atoms with Gasteiger partial charge < -0.3 is 0 Å². The minimum atomic E-state index is -1.64. The molecule has 0 aliphatic carbocycles. The zero-order chi connectivity index (χ0) is 10.9. The Morgan fingerprint density at radius 1 is 1.27 bits per heavy atom. The summed E-state index contributed by atoms with van der Waals surface area (Å²) in [5.74, 6) is -0.511. The normalized spacial score (nSPS) is 11.7. The lowest BCUT2D eigenvalue weighted by Gasteiger charge is -2.15. The van der Waals surface area contributed by atoms with Gasteiger partial charge in [0.05, 0.1) is 0 Å². The number of nitrogens with zero attached hydrogens (tertiary/aromatic N) is 3. The van der Waals surface area contributed by atoms with E-state index in [9.17, 15) is 4.39 Å². The van der Waals surface area contributed by atoms with Crippen LogP contribution in [0.3, 0.4) is 0 Å². The zero-order valence-electron chi connectivity index (χ0n) is 7.28. The first kappa shape index (κ1) is 10.3. The lowest BCUT2D eigenvalue weighted by Crippen LogP contribution is -2.16. The number of benzene rings is 1. The van der Waals surface area contributed by atoms with Gasteiger partial charge in [-0.3, -0.25) is 0 Å². The molecule has 7 heteroatoms. The number of nitrogens with one attached hydrogen (secondary N) is 1. The summed E-state index contributed by atoms with van der Waals surface area (Å²) in [6.45, 7) is 0. The molecule has 1 aromatic heterocycles. The van der Waals surface area contributed by atoms with Crippen LogP contribution < -0.4 is 0 Å². The summed E-state index contributed by atoms with van der Waals surface area (Å²) in [6.07, 6.45) is 0. The number of rotatable bonds is 2. The van der Waals surface area contributed by atoms with Crippen LogP contribution in [0.1, 0.15) is 11.4 Å². The van der Waals surface area contributed by atoms with E-state index in [4.69, 9.17) is 23.2 Å². The van der Waals surface area contributed by atoms with Gasteiger partial charge in [0.1, 0.15) is 5.82 Å². The largest absolute Gasteiger partial charge is 0.215 e. The van der Waals surface area contributed by atoms with E-state index in [0.717, 1.165) is 0 Å². The molecule has 0 fully saturated rings. The standard InChI is InChI=1S/C8H5Cl2FN4/c9-8(10,7-12-14-15-13-7)5-3-1-2-4-6(5)11/h1-4H,(H,12,13,14,15). The SMILES string of the molecule is Fc1ccccc1C(Cl)(Cl)c1nn[nH]n1. The molecule has 0 saturated carbocycles. The molecule has 0 aliphatic rings. The van der Waals surface area contributed by atoms with E-state index in [1.54, 1.807) is 12.1 Å². The number of hydrogen-bond donors (Lipinski definition) is 1. The van der Waals surface area contributed by atoms with Crippen molar-refractivity contribution in [3.05, 3.63) is 41.5 Å². The van der Waals surface area contributed by atoms with E-state index < -0.39 is 10.2 Å². The molecule has 1 N–H and O–H groups in total. The summed E-state index contributed by atoms with van der Waals surface area (Å²) in [4.78, 5) is 0. The van der Waals surface area contributed by atoms with Gasteiger partial charge in [-0.2, -0.15) is 5.21 Å². The molecule has 0 bridgehead atoms. The van der Waals surface area contributed by atoms with Gasteiger partial charge >= 0.3 is 0 Å². The Hall–Kier alpha value is -1.20. The van der Waals surface area contributed by atoms with Crippen molar-refractivity contribution in [1.29, 1.82) is 0 Å². The van der Waals surface area contributed by atoms with Crippen molar-refractivity contribution in [2.45, 2.75) is 4.33 Å². The van der Waals surface area contributed by atoms with E-state index in [2.05, 4.69) is 20.6 Å². The van der Waals surface area contributed by atoms with Gasteiger partial charge in [0, 0.05) is 5.56 Å². The van der Waals surface area contributed by atoms with Gasteiger partial charge in [-0.25, -0.2) is 4.39 Å². The van der Waals surface area contributed by atoms with E-state index in [1.807, 2.05) is 0 Å². The van der Waals surface area contributed by atoms with Gasteiger partial charge in [0.2, 0.25) is 10.2 Å². The Morgan fingerprint density at radius 2 is 2.00 bits per heavy atom. The Kier molecular flexibility index (Phi) is 2.58. The van der Waals surface area contributed by atoms with Crippen LogP contribution in [0.15, 0.2) is 24.3 Å². The zero-order valence-corrected chi connectivity index (χ0v) is 8.80. The predicted molar refractivity (Wildman–Crippen MR) is 53.1 cm³/mol. The van der Waals surface area contributed by atoms with Crippen LogP contribution >= 0.6 is 23.2 Å². The van der Waals surface area contributed by atoms with Gasteiger partial charge in [0.15, 0.2) is 0 Å². The fourth-order valence-corrected chi connectivity index (χ4v) is 1.60. The number of aromatic amines is 1. The van der Waals surface area contributed by atoms with E-state index in [0.29, 0.717) is 0 Å². The van der Waals surface area contributed by atoms with Crippen molar-refractivity contribution < 1.29 is 4.39 Å². The number of aromatic nitrogens is 4. The number of H-pyrrole nitrogens is 1. The molecule has 0 spiro atoms. The van der Waals surface area contributed by atoms with E-state index >= 15 is 0 Å². The van der Waals surface area contributed by atoms with Crippen LogP contribution in [-0.2, 0) is 4.33 Å². The third-order valence-electron chi connectivity index (χ3n) is 1.84. The van der Waals surface area contributed by atoms with Gasteiger partial charge in [-0.1, -0.05) is 46.6 Å². The average Bonchev–Trinajstić information content (AvgIpc) is 2.71. The average molecular weight is 247 g/mol. The Balaban J connectivity index is 2.51. The first-order chi connectivity index (χ1) is 7.12. The van der Waals surface area contributed by atoms with Crippen LogP contribution in [0, 0.1) is 5.82 Å². The summed E-state index contributed by atoms with van der Waals surface area (Å²) in [7, 11) is 0. The molecule has 4 nitrogen and oxygen atoms in total. The van der Waals surface area contributed by atoms with E-state index in [-0.39, 0.29) is 11.4 Å². The van der Waals surface area contributed by atoms with Crippen LogP contribution in [0.5, 0.6) is 0 Å². The molecule has 2 aromatic rings. The molecule has 78 valence electrons. The Bertz CT molecular complexity index is 457. The highest BCUT2D eigenvalue weighted by molar-refractivity contribution is 6.49. The molecule has 2 rings (SSSR count). The fourth-order valence-electron chi connectivity index (χ4n) is 1.13. The number of alkyl halides is 2. The summed E-state index contributed by atoms with van der Waals surface area (Å²) in [5.41, 5.74) is 0.0923. The van der Waals surface area contributed by atoms with Crippen LogP contribution in [0.25, 0.3) is 0 Å². The van der Waals surface area contributed by atoms with Gasteiger partial charge in [-0.05, 0) is 6.07 Å². The predicted octanol–water partition coefficient (Wildman–Crippen LogP) is 2.02. The highest BCUT2D eigenvalue weighted by atomic mass is 35.5. The molecule has 1 aromatic carbocycles. The molecule has 0 aliphatic heterocycles. The highest BCUT2D eigenvalue weighted by Gasteiger charge is 2.36. The molecule has 0 saturated heterocycles. The quantitative estimate of drug-likeness (QED) is 0.826. The molecule has 15 heavy (non-hydrogen) atoms. The molecular weight excluding hydrogens is 242 g/mol. The molecule has 0 unspecified atom stereocenters. The van der Waals surface area contributed by atoms with Gasteiger partial charge in [-0.15, -0.1) is 10.2 Å². The number of tetrazole rings is 1. The molecule has 0 radical (unpaired) electrons. The van der Waals surface area contributed by atoms with E-state index in [1.165, 1.54) is 12.1 Å². The van der Waals surface area contributed by atoms with Crippen molar-refractivity contribution >= 4 is 23.2 Å². The fraction of sp³-hybridized carbons (Fsp3) is 0.125. The van der Waals surface area contributed by atoms with Crippen LogP contribution in [-0.4, -0.2) is 20.6 Å². The lowest BCUT2D eigenvalue weighted by atomic mass is 10.1.